The topological polar surface area (TPSA) is 49.3 Å². The van der Waals surface area contributed by atoms with Gasteiger partial charge < -0.3 is 10.4 Å². The highest BCUT2D eigenvalue weighted by Gasteiger charge is 2.05. The van der Waals surface area contributed by atoms with Crippen LogP contribution in [-0.4, -0.2) is 27.4 Å². The van der Waals surface area contributed by atoms with Crippen LogP contribution < -0.4 is 5.32 Å². The molecule has 0 fully saturated rings. The van der Waals surface area contributed by atoms with Crippen molar-refractivity contribution in [2.24, 2.45) is 0 Å². The molecule has 0 aliphatic heterocycles. The number of aromatic hydroxyl groups is 1. The minimum atomic E-state index is -0.806. The number of rotatable bonds is 6. The first-order valence-corrected chi connectivity index (χ1v) is 7.12. The van der Waals surface area contributed by atoms with E-state index in [1.807, 2.05) is 6.92 Å². The zero-order valence-electron chi connectivity index (χ0n) is 10.1. The maximum Gasteiger partial charge on any atom is 0.127 e. The van der Waals surface area contributed by atoms with E-state index in [0.717, 1.165) is 19.0 Å². The number of nitrogens with one attached hydrogen (secondary N) is 1. The van der Waals surface area contributed by atoms with Gasteiger partial charge in [0.25, 0.3) is 0 Å². The second-order valence-electron chi connectivity index (χ2n) is 4.09. The molecule has 2 N–H and O–H groups in total. The molecule has 0 aromatic heterocycles. The molecule has 2 unspecified atom stereocenters. The summed E-state index contributed by atoms with van der Waals surface area (Å²) in [5.41, 5.74) is 0.702. The summed E-state index contributed by atoms with van der Waals surface area (Å²) >= 11 is 0. The Balaban J connectivity index is 2.33. The van der Waals surface area contributed by atoms with Crippen molar-refractivity contribution in [3.05, 3.63) is 29.6 Å². The van der Waals surface area contributed by atoms with E-state index in [9.17, 15) is 13.7 Å². The highest BCUT2D eigenvalue weighted by Crippen LogP contribution is 2.14. The van der Waals surface area contributed by atoms with Crippen LogP contribution in [0, 0.1) is 5.82 Å². The molecule has 0 saturated carbocycles. The average molecular weight is 259 g/mol. The number of phenols is 1. The van der Waals surface area contributed by atoms with Crippen molar-refractivity contribution in [3.63, 3.8) is 0 Å². The fourth-order valence-electron chi connectivity index (χ4n) is 1.44. The Morgan fingerprint density at radius 1 is 1.47 bits per heavy atom. The molecule has 96 valence electrons. The number of halogens is 1. The lowest BCUT2D eigenvalue weighted by atomic mass is 10.2. The minimum Gasteiger partial charge on any atom is -0.508 e. The van der Waals surface area contributed by atoms with Crippen LogP contribution in [0.4, 0.5) is 4.39 Å². The predicted molar refractivity (Wildman–Crippen MR) is 67.9 cm³/mol. The first-order chi connectivity index (χ1) is 7.99. The molecule has 17 heavy (non-hydrogen) atoms. The standard InChI is InChI=1S/C12H18FNO2S/c1-9(17(2)16)3-4-14-8-10-5-11(13)7-12(15)6-10/h5-7,9,14-15H,3-4,8H2,1-2H3. The van der Waals surface area contributed by atoms with Crippen LogP contribution in [0.15, 0.2) is 18.2 Å². The van der Waals surface area contributed by atoms with Gasteiger partial charge in [-0.15, -0.1) is 0 Å². The first-order valence-electron chi connectivity index (χ1n) is 5.50. The summed E-state index contributed by atoms with van der Waals surface area (Å²) in [5, 5.41) is 12.5. The molecule has 2 atom stereocenters. The molecule has 0 saturated heterocycles. The van der Waals surface area contributed by atoms with Gasteiger partial charge in [-0.25, -0.2) is 4.39 Å². The fraction of sp³-hybridized carbons (Fsp3) is 0.500. The minimum absolute atomic E-state index is 0.0650. The van der Waals surface area contributed by atoms with Crippen LogP contribution in [0.1, 0.15) is 18.9 Å². The summed E-state index contributed by atoms with van der Waals surface area (Å²) in [5.74, 6) is -0.505. The Morgan fingerprint density at radius 2 is 2.18 bits per heavy atom. The summed E-state index contributed by atoms with van der Waals surface area (Å²) < 4.78 is 24.0. The Bertz CT molecular complexity index is 378. The smallest absolute Gasteiger partial charge is 0.127 e. The molecule has 0 radical (unpaired) electrons. The Labute approximate surface area is 104 Å². The SMILES string of the molecule is CC(CCNCc1cc(O)cc(F)c1)S(C)=O. The zero-order valence-corrected chi connectivity index (χ0v) is 10.9. The van der Waals surface area contributed by atoms with E-state index >= 15 is 0 Å². The van der Waals surface area contributed by atoms with Gasteiger partial charge in [0, 0.05) is 34.9 Å². The van der Waals surface area contributed by atoms with E-state index in [1.165, 1.54) is 12.1 Å². The van der Waals surface area contributed by atoms with E-state index < -0.39 is 16.6 Å². The second-order valence-corrected chi connectivity index (χ2v) is 5.89. The van der Waals surface area contributed by atoms with Crippen molar-refractivity contribution in [2.45, 2.75) is 25.1 Å². The van der Waals surface area contributed by atoms with E-state index in [1.54, 1.807) is 6.26 Å². The van der Waals surface area contributed by atoms with Crippen molar-refractivity contribution in [1.29, 1.82) is 0 Å². The van der Waals surface area contributed by atoms with Crippen LogP contribution in [0.5, 0.6) is 5.75 Å². The molecular weight excluding hydrogens is 241 g/mol. The van der Waals surface area contributed by atoms with Gasteiger partial charge >= 0.3 is 0 Å². The van der Waals surface area contributed by atoms with Gasteiger partial charge in [0.1, 0.15) is 11.6 Å². The Kier molecular flexibility index (Phi) is 5.58. The predicted octanol–water partition coefficient (Wildman–Crippen LogP) is 1.78. The van der Waals surface area contributed by atoms with E-state index in [4.69, 9.17) is 0 Å². The van der Waals surface area contributed by atoms with Gasteiger partial charge in [-0.05, 0) is 30.7 Å². The third kappa shape index (κ3) is 5.28. The van der Waals surface area contributed by atoms with Gasteiger partial charge in [-0.3, -0.25) is 4.21 Å². The van der Waals surface area contributed by atoms with E-state index in [2.05, 4.69) is 5.32 Å². The lowest BCUT2D eigenvalue weighted by Gasteiger charge is -2.09. The number of phenolic OH excluding ortho intramolecular Hbond substituents is 1. The summed E-state index contributed by atoms with van der Waals surface area (Å²) in [6.45, 7) is 3.15. The molecule has 1 rings (SSSR count). The summed E-state index contributed by atoms with van der Waals surface area (Å²) in [6.07, 6.45) is 2.50. The molecule has 0 bridgehead atoms. The highest BCUT2D eigenvalue weighted by atomic mass is 32.2. The van der Waals surface area contributed by atoms with Crippen molar-refractivity contribution in [2.75, 3.05) is 12.8 Å². The molecule has 0 aliphatic carbocycles. The molecule has 3 nitrogen and oxygen atoms in total. The summed E-state index contributed by atoms with van der Waals surface area (Å²) in [6, 6.07) is 3.98. The van der Waals surface area contributed by atoms with Crippen LogP contribution in [0.2, 0.25) is 0 Å². The Morgan fingerprint density at radius 3 is 2.76 bits per heavy atom. The first kappa shape index (κ1) is 14.1. The van der Waals surface area contributed by atoms with Crippen LogP contribution in [0.3, 0.4) is 0 Å². The zero-order chi connectivity index (χ0) is 12.8. The molecule has 1 aromatic rings. The molecule has 0 heterocycles. The van der Waals surface area contributed by atoms with E-state index in [-0.39, 0.29) is 11.0 Å². The maximum atomic E-state index is 12.9. The maximum absolute atomic E-state index is 12.9. The van der Waals surface area contributed by atoms with Crippen molar-refractivity contribution >= 4 is 10.8 Å². The van der Waals surface area contributed by atoms with Crippen LogP contribution in [0.25, 0.3) is 0 Å². The van der Waals surface area contributed by atoms with Crippen molar-refractivity contribution in [1.82, 2.24) is 5.32 Å². The lowest BCUT2D eigenvalue weighted by molar-refractivity contribution is 0.467. The quantitative estimate of drug-likeness (QED) is 0.766. The van der Waals surface area contributed by atoms with Gasteiger partial charge in [0.15, 0.2) is 0 Å². The van der Waals surface area contributed by atoms with Gasteiger partial charge in [-0.2, -0.15) is 0 Å². The van der Waals surface area contributed by atoms with Crippen LogP contribution >= 0.6 is 0 Å². The molecule has 0 aliphatic rings. The van der Waals surface area contributed by atoms with Gasteiger partial charge in [0.2, 0.25) is 0 Å². The number of hydrogen-bond acceptors (Lipinski definition) is 3. The monoisotopic (exact) mass is 259 g/mol. The molecular formula is C12H18FNO2S. The number of hydrogen-bond donors (Lipinski definition) is 2. The largest absolute Gasteiger partial charge is 0.508 e. The molecule has 1 aromatic carbocycles. The highest BCUT2D eigenvalue weighted by molar-refractivity contribution is 7.84. The van der Waals surface area contributed by atoms with E-state index in [0.29, 0.717) is 12.1 Å². The molecule has 0 amide bonds. The normalized spacial score (nSPS) is 14.5. The third-order valence-electron chi connectivity index (χ3n) is 2.57. The lowest BCUT2D eigenvalue weighted by Crippen LogP contribution is -2.20. The average Bonchev–Trinajstić information content (AvgIpc) is 2.22. The second kappa shape index (κ2) is 6.71. The third-order valence-corrected chi connectivity index (χ3v) is 3.93. The molecule has 0 spiro atoms. The van der Waals surface area contributed by atoms with Crippen molar-refractivity contribution < 1.29 is 13.7 Å². The van der Waals surface area contributed by atoms with Crippen molar-refractivity contribution in [3.8, 4) is 5.75 Å². The van der Waals surface area contributed by atoms with Crippen LogP contribution in [-0.2, 0) is 17.3 Å². The van der Waals surface area contributed by atoms with Gasteiger partial charge in [0.05, 0.1) is 0 Å². The molecule has 5 heteroatoms. The number of benzene rings is 1. The fourth-order valence-corrected chi connectivity index (χ4v) is 1.89. The summed E-state index contributed by atoms with van der Waals surface area (Å²) in [4.78, 5) is 0. The van der Waals surface area contributed by atoms with Gasteiger partial charge in [-0.1, -0.05) is 6.92 Å². The summed E-state index contributed by atoms with van der Waals surface area (Å²) in [7, 11) is -0.806. The Hall–Kier alpha value is -0.940.